The predicted octanol–water partition coefficient (Wildman–Crippen LogP) is 7.20. The van der Waals surface area contributed by atoms with Crippen molar-refractivity contribution < 1.29 is 26.7 Å². The van der Waals surface area contributed by atoms with Crippen LogP contribution in [-0.4, -0.2) is 41.0 Å². The number of alkyl halides is 4. The molecule has 4 rings (SSSR count). The number of rotatable bonds is 8. The summed E-state index contributed by atoms with van der Waals surface area (Å²) in [5.41, 5.74) is -1.02. The van der Waals surface area contributed by atoms with Gasteiger partial charge in [-0.15, -0.1) is 11.3 Å². The number of para-hydroxylation sites is 1. The first-order valence-electron chi connectivity index (χ1n) is 12.6. The Bertz CT molecular complexity index is 1280. The van der Waals surface area contributed by atoms with Gasteiger partial charge >= 0.3 is 12.2 Å². The minimum Gasteiger partial charge on any atom is -0.308 e. The molecule has 1 aliphatic heterocycles. The fourth-order valence-corrected chi connectivity index (χ4v) is 5.94. The summed E-state index contributed by atoms with van der Waals surface area (Å²) in [4.78, 5) is 19.4. The van der Waals surface area contributed by atoms with Crippen molar-refractivity contribution in [3.05, 3.63) is 82.1 Å². The van der Waals surface area contributed by atoms with E-state index in [-0.39, 0.29) is 38.0 Å². The molecule has 2 aromatic heterocycles. The molecule has 0 spiro atoms. The van der Waals surface area contributed by atoms with E-state index in [1.54, 1.807) is 34.6 Å². The van der Waals surface area contributed by atoms with Gasteiger partial charge in [-0.25, -0.2) is 9.18 Å². The number of hydrogen-bond donors (Lipinski definition) is 2. The highest BCUT2D eigenvalue weighted by Gasteiger charge is 2.70. The number of thiophene rings is 1. The zero-order chi connectivity index (χ0) is 28.5. The Labute approximate surface area is 228 Å². The van der Waals surface area contributed by atoms with Gasteiger partial charge in [0, 0.05) is 40.0 Å². The second kappa shape index (κ2) is 10.8. The molecule has 1 aliphatic rings. The largest absolute Gasteiger partial charge is 0.442 e. The number of halogens is 5. The second-order valence-electron chi connectivity index (χ2n) is 10.5. The summed E-state index contributed by atoms with van der Waals surface area (Å²) in [5, 5.41) is 3.50. The van der Waals surface area contributed by atoms with E-state index in [9.17, 15) is 22.4 Å². The Morgan fingerprint density at radius 1 is 1.08 bits per heavy atom. The third-order valence-electron chi connectivity index (χ3n) is 7.68. The van der Waals surface area contributed by atoms with Gasteiger partial charge < -0.3 is 5.32 Å². The number of urea groups is 1. The van der Waals surface area contributed by atoms with Crippen LogP contribution in [0.2, 0.25) is 0 Å². The minimum absolute atomic E-state index is 0.0265. The Morgan fingerprint density at radius 3 is 2.38 bits per heavy atom. The number of aromatic nitrogens is 1. The molecule has 39 heavy (non-hydrogen) atoms. The molecule has 1 fully saturated rings. The maximum Gasteiger partial charge on any atom is 0.442 e. The molecule has 0 bridgehead atoms. The number of aryl methyl sites for hydroxylation is 2. The van der Waals surface area contributed by atoms with Gasteiger partial charge in [-0.2, -0.15) is 17.6 Å². The molecule has 3 aromatic rings. The number of benzene rings is 1. The average molecular weight is 567 g/mol. The molecule has 1 aromatic carbocycles. The SMILES string of the molecule is Cc1ccc(C(C)(C)N2CC[C@@](CCc3ccc(F)s3)(C(F)(NC(=O)Nc3ccccc3)C(F)(F)F)C2)cn1. The van der Waals surface area contributed by atoms with Crippen LogP contribution in [-0.2, 0) is 12.0 Å². The van der Waals surface area contributed by atoms with Gasteiger partial charge in [0.1, 0.15) is 0 Å². The molecule has 2 atom stereocenters. The van der Waals surface area contributed by atoms with E-state index in [2.05, 4.69) is 10.3 Å². The molecule has 2 amide bonds. The van der Waals surface area contributed by atoms with Crippen molar-refractivity contribution in [1.29, 1.82) is 0 Å². The summed E-state index contributed by atoms with van der Waals surface area (Å²) >= 11 is 0.816. The summed E-state index contributed by atoms with van der Waals surface area (Å²) in [6, 6.07) is 13.0. The fraction of sp³-hybridized carbons (Fsp3) is 0.429. The number of pyridine rings is 1. The summed E-state index contributed by atoms with van der Waals surface area (Å²) < 4.78 is 74.5. The molecule has 5 nitrogen and oxygen atoms in total. The van der Waals surface area contributed by atoms with Gasteiger partial charge in [-0.1, -0.05) is 24.3 Å². The standard InChI is InChI=1S/C28H31F5N4OS/c1-19-9-10-20(17-34-19)25(2,3)37-16-15-26(18-37,14-13-22-11-12-23(29)39-22)27(30,28(31,32)33)36-24(38)35-21-7-5-4-6-8-21/h4-12,17H,13-16,18H2,1-3H3,(H2,35,36,38)/t26-,27?/m1/s1. The highest BCUT2D eigenvalue weighted by atomic mass is 32.1. The molecule has 3 heterocycles. The zero-order valence-electron chi connectivity index (χ0n) is 21.9. The van der Waals surface area contributed by atoms with E-state index in [4.69, 9.17) is 0 Å². The number of nitrogens with one attached hydrogen (secondary N) is 2. The number of amides is 2. The maximum absolute atomic E-state index is 16.7. The second-order valence-corrected chi connectivity index (χ2v) is 11.6. The normalized spacial score (nSPS) is 20.0. The number of carbonyl (C=O) groups is 1. The van der Waals surface area contributed by atoms with Gasteiger partial charge in [0.2, 0.25) is 0 Å². The lowest BCUT2D eigenvalue weighted by molar-refractivity contribution is -0.278. The van der Waals surface area contributed by atoms with Crippen molar-refractivity contribution in [3.63, 3.8) is 0 Å². The van der Waals surface area contributed by atoms with E-state index in [1.165, 1.54) is 24.3 Å². The monoisotopic (exact) mass is 566 g/mol. The summed E-state index contributed by atoms with van der Waals surface area (Å²) in [5.74, 6) is -4.06. The third-order valence-corrected chi connectivity index (χ3v) is 8.61. The molecule has 0 aliphatic carbocycles. The Kier molecular flexibility index (Phi) is 8.05. The minimum atomic E-state index is -5.42. The van der Waals surface area contributed by atoms with Crippen molar-refractivity contribution in [2.45, 2.75) is 57.5 Å². The molecule has 210 valence electrons. The Hall–Kier alpha value is -3.05. The van der Waals surface area contributed by atoms with Crippen LogP contribution >= 0.6 is 11.3 Å². The first-order valence-corrected chi connectivity index (χ1v) is 13.4. The predicted molar refractivity (Wildman–Crippen MR) is 142 cm³/mol. The van der Waals surface area contributed by atoms with E-state index < -0.39 is 34.1 Å². The zero-order valence-corrected chi connectivity index (χ0v) is 22.7. The van der Waals surface area contributed by atoms with E-state index in [1.807, 2.05) is 32.9 Å². The fourth-order valence-electron chi connectivity index (χ4n) is 5.21. The van der Waals surface area contributed by atoms with Gasteiger partial charge in [0.25, 0.3) is 5.79 Å². The Morgan fingerprint density at radius 2 is 1.79 bits per heavy atom. The number of hydrogen-bond acceptors (Lipinski definition) is 4. The van der Waals surface area contributed by atoms with Crippen LogP contribution in [0.4, 0.5) is 32.4 Å². The summed E-state index contributed by atoms with van der Waals surface area (Å²) in [6.45, 7) is 5.41. The summed E-state index contributed by atoms with van der Waals surface area (Å²) in [6.07, 6.45) is -4.16. The van der Waals surface area contributed by atoms with Crippen LogP contribution in [0, 0.1) is 17.5 Å². The lowest BCUT2D eigenvalue weighted by Crippen LogP contribution is -2.67. The molecular formula is C28H31F5N4OS. The first-order chi connectivity index (χ1) is 18.3. The quantitative estimate of drug-likeness (QED) is 0.224. The van der Waals surface area contributed by atoms with Crippen molar-refractivity contribution in [1.82, 2.24) is 15.2 Å². The molecular weight excluding hydrogens is 535 g/mol. The van der Waals surface area contributed by atoms with Gasteiger partial charge in [-0.05, 0) is 82.5 Å². The van der Waals surface area contributed by atoms with Crippen LogP contribution in [0.25, 0.3) is 0 Å². The lowest BCUT2D eigenvalue weighted by Gasteiger charge is -2.45. The van der Waals surface area contributed by atoms with Crippen LogP contribution < -0.4 is 10.6 Å². The van der Waals surface area contributed by atoms with E-state index in [0.29, 0.717) is 4.88 Å². The maximum atomic E-state index is 16.7. The molecule has 1 unspecified atom stereocenters. The van der Waals surface area contributed by atoms with E-state index >= 15 is 4.39 Å². The Balaban J connectivity index is 1.69. The van der Waals surface area contributed by atoms with Crippen molar-refractivity contribution in [3.8, 4) is 0 Å². The van der Waals surface area contributed by atoms with Crippen LogP contribution in [0.1, 0.15) is 42.8 Å². The van der Waals surface area contributed by atoms with Crippen molar-refractivity contribution in [2.24, 2.45) is 5.41 Å². The molecule has 0 radical (unpaired) electrons. The highest BCUT2D eigenvalue weighted by molar-refractivity contribution is 7.10. The lowest BCUT2D eigenvalue weighted by atomic mass is 9.72. The van der Waals surface area contributed by atoms with Crippen LogP contribution in [0.15, 0.2) is 60.8 Å². The number of nitrogens with zero attached hydrogens (tertiary/aromatic N) is 2. The third kappa shape index (κ3) is 5.94. The molecule has 11 heteroatoms. The summed E-state index contributed by atoms with van der Waals surface area (Å²) in [7, 11) is 0. The van der Waals surface area contributed by atoms with Crippen molar-refractivity contribution >= 4 is 23.1 Å². The topological polar surface area (TPSA) is 57.3 Å². The van der Waals surface area contributed by atoms with Crippen molar-refractivity contribution in [2.75, 3.05) is 18.4 Å². The average Bonchev–Trinajstić information content (AvgIpc) is 3.50. The number of anilines is 1. The van der Waals surface area contributed by atoms with Crippen LogP contribution in [0.3, 0.4) is 0 Å². The number of likely N-dealkylation sites (tertiary alicyclic amines) is 1. The highest BCUT2D eigenvalue weighted by Crippen LogP contribution is 2.54. The molecule has 0 saturated carbocycles. The smallest absolute Gasteiger partial charge is 0.308 e. The number of carbonyl (C=O) groups excluding carboxylic acids is 1. The molecule has 1 saturated heterocycles. The first kappa shape index (κ1) is 28.9. The molecule has 2 N–H and O–H groups in total. The van der Waals surface area contributed by atoms with Gasteiger partial charge in [-0.3, -0.25) is 15.2 Å². The van der Waals surface area contributed by atoms with Gasteiger partial charge in [0.05, 0.1) is 0 Å². The van der Waals surface area contributed by atoms with E-state index in [0.717, 1.165) is 22.6 Å². The van der Waals surface area contributed by atoms with Crippen LogP contribution in [0.5, 0.6) is 0 Å². The van der Waals surface area contributed by atoms with Gasteiger partial charge in [0.15, 0.2) is 5.13 Å².